The van der Waals surface area contributed by atoms with Gasteiger partial charge in [0.2, 0.25) is 0 Å². The highest BCUT2D eigenvalue weighted by Crippen LogP contribution is 2.35. The Morgan fingerprint density at radius 2 is 1.74 bits per heavy atom. The fraction of sp³-hybridized carbons (Fsp3) is 0.533. The lowest BCUT2D eigenvalue weighted by Crippen LogP contribution is -2.48. The summed E-state index contributed by atoms with van der Waals surface area (Å²) in [5.74, 6) is -0.658. The number of ether oxygens (including phenoxy) is 2. The first-order chi connectivity index (χ1) is 20.2. The number of carboxylic acids is 1. The summed E-state index contributed by atoms with van der Waals surface area (Å²) in [6.07, 6.45) is 0.812. The fourth-order valence-electron chi connectivity index (χ4n) is 4.58. The number of alkyl carbamates (subject to hydrolysis) is 1. The lowest BCUT2D eigenvalue weighted by atomic mass is 9.78. The molecule has 2 aromatic heterocycles. The van der Waals surface area contributed by atoms with Crippen LogP contribution in [-0.2, 0) is 13.6 Å². The molecule has 236 valence electrons. The van der Waals surface area contributed by atoms with E-state index in [1.54, 1.807) is 16.9 Å². The van der Waals surface area contributed by atoms with Gasteiger partial charge in [-0.1, -0.05) is 39.1 Å². The zero-order chi connectivity index (χ0) is 31.9. The Labute approximate surface area is 258 Å². The highest BCUT2D eigenvalue weighted by molar-refractivity contribution is 6.26. The number of carbonyl (C=O) groups excluding carboxylic acids is 1. The van der Waals surface area contributed by atoms with Crippen LogP contribution >= 0.6 is 0 Å². The van der Waals surface area contributed by atoms with Crippen LogP contribution in [-0.4, -0.2) is 76.5 Å². The number of rotatable bonds is 14. The molecule has 0 bridgehead atoms. The third kappa shape index (κ3) is 9.11. The van der Waals surface area contributed by atoms with E-state index < -0.39 is 48.9 Å². The zero-order valence-corrected chi connectivity index (χ0v) is 29.6. The fourth-order valence-corrected chi connectivity index (χ4v) is 6.43. The molecule has 1 amide bonds. The number of nitrogens with zero attached hydrogens (tertiary/aromatic N) is 3. The molecule has 0 fully saturated rings. The van der Waals surface area contributed by atoms with Gasteiger partial charge < -0.3 is 28.7 Å². The first-order valence-corrected chi connectivity index (χ1v) is 18.7. The third-order valence-corrected chi connectivity index (χ3v) is 8.31. The van der Waals surface area contributed by atoms with E-state index in [0.29, 0.717) is 34.6 Å². The maximum Gasteiger partial charge on any atom is 0.407 e. The van der Waals surface area contributed by atoms with Crippen LogP contribution in [0.2, 0.25) is 13.1 Å². The summed E-state index contributed by atoms with van der Waals surface area (Å²) in [5.41, 5.74) is 0.579. The Balaban J connectivity index is 1.89. The number of aromatic carboxylic acids is 1. The van der Waals surface area contributed by atoms with Crippen molar-refractivity contribution in [3.8, 4) is 17.0 Å². The molecular formula is C30H46N4O7Si2. The summed E-state index contributed by atoms with van der Waals surface area (Å²) in [6.45, 7) is 18.2. The van der Waals surface area contributed by atoms with Crippen LogP contribution in [0, 0.1) is 11.3 Å². The molecule has 0 saturated carbocycles. The van der Waals surface area contributed by atoms with Gasteiger partial charge in [0.1, 0.15) is 17.6 Å². The maximum absolute atomic E-state index is 12.5. The topological polar surface area (TPSA) is 134 Å². The van der Waals surface area contributed by atoms with Crippen LogP contribution in [0.4, 0.5) is 4.79 Å². The van der Waals surface area contributed by atoms with E-state index in [0.717, 1.165) is 0 Å². The van der Waals surface area contributed by atoms with Crippen molar-refractivity contribution in [1.29, 1.82) is 0 Å². The molecule has 3 aromatic rings. The van der Waals surface area contributed by atoms with E-state index in [9.17, 15) is 14.7 Å². The molecule has 0 spiro atoms. The second-order valence-electron chi connectivity index (χ2n) is 12.3. The average molecular weight is 631 g/mol. The second kappa shape index (κ2) is 14.5. The molecular weight excluding hydrogens is 585 g/mol. The second-order valence-corrected chi connectivity index (χ2v) is 14.1. The molecule has 1 atom stereocenters. The van der Waals surface area contributed by atoms with Crippen LogP contribution < -0.4 is 10.1 Å². The molecule has 11 nitrogen and oxygen atoms in total. The monoisotopic (exact) mass is 630 g/mol. The molecule has 43 heavy (non-hydrogen) atoms. The molecule has 0 aliphatic heterocycles. The van der Waals surface area contributed by atoms with Crippen molar-refractivity contribution < 1.29 is 33.0 Å². The predicted molar refractivity (Wildman–Crippen MR) is 172 cm³/mol. The number of aromatic nitrogens is 3. The average Bonchev–Trinajstić information content (AvgIpc) is 3.36. The number of benzene rings is 1. The Kier molecular flexibility index (Phi) is 11.5. The van der Waals surface area contributed by atoms with E-state index in [-0.39, 0.29) is 24.1 Å². The summed E-state index contributed by atoms with van der Waals surface area (Å²) in [5, 5.41) is 17.8. The van der Waals surface area contributed by atoms with Crippen LogP contribution in [0.15, 0.2) is 36.5 Å². The quantitative estimate of drug-likeness (QED) is 0.194. The van der Waals surface area contributed by atoms with Crippen LogP contribution in [0.5, 0.6) is 5.75 Å². The summed E-state index contributed by atoms with van der Waals surface area (Å²) >= 11 is 0. The third-order valence-electron chi connectivity index (χ3n) is 7.04. The van der Waals surface area contributed by atoms with Gasteiger partial charge in [0.15, 0.2) is 25.2 Å². The number of nitrogens with one attached hydrogen (secondary N) is 1. The molecule has 0 saturated heterocycles. The van der Waals surface area contributed by atoms with Gasteiger partial charge in [-0.15, -0.1) is 0 Å². The van der Waals surface area contributed by atoms with E-state index in [2.05, 4.69) is 42.3 Å². The number of hydrogen-bond donors (Lipinski definition) is 2. The van der Waals surface area contributed by atoms with Gasteiger partial charge >= 0.3 is 12.1 Å². The van der Waals surface area contributed by atoms with Crippen molar-refractivity contribution in [2.45, 2.75) is 79.5 Å². The molecule has 0 radical (unpaired) electrons. The van der Waals surface area contributed by atoms with Crippen LogP contribution in [0.1, 0.15) is 64.9 Å². The number of fused-ring (bicyclic) bond motifs is 1. The van der Waals surface area contributed by atoms with E-state index in [4.69, 9.17) is 18.3 Å². The van der Waals surface area contributed by atoms with Crippen molar-refractivity contribution in [1.82, 2.24) is 20.1 Å². The Morgan fingerprint density at radius 1 is 1.07 bits per heavy atom. The van der Waals surface area contributed by atoms with Crippen molar-refractivity contribution in [3.05, 3.63) is 42.1 Å². The molecule has 1 unspecified atom stereocenters. The Morgan fingerprint density at radius 3 is 2.33 bits per heavy atom. The lowest BCUT2D eigenvalue weighted by molar-refractivity contribution is -0.110. The van der Waals surface area contributed by atoms with Crippen molar-refractivity contribution in [2.24, 2.45) is 11.3 Å². The van der Waals surface area contributed by atoms with Gasteiger partial charge in [-0.3, -0.25) is 4.68 Å². The number of carbonyl (C=O) groups is 2. The molecule has 13 heteroatoms. The smallest absolute Gasteiger partial charge is 0.407 e. The maximum atomic E-state index is 12.5. The number of pyridine rings is 1. The lowest BCUT2D eigenvalue weighted by Gasteiger charge is -2.40. The highest BCUT2D eigenvalue weighted by Gasteiger charge is 2.39. The normalized spacial score (nSPS) is 14.2. The summed E-state index contributed by atoms with van der Waals surface area (Å²) in [4.78, 5) is 29.3. The number of carboxylic acid groups (broad SMARTS) is 1. The van der Waals surface area contributed by atoms with Gasteiger partial charge in [-0.2, -0.15) is 5.10 Å². The van der Waals surface area contributed by atoms with Gasteiger partial charge in [-0.25, -0.2) is 14.6 Å². The van der Waals surface area contributed by atoms with Gasteiger partial charge in [-0.05, 0) is 52.8 Å². The first kappa shape index (κ1) is 34.2. The molecule has 0 aliphatic carbocycles. The molecule has 0 aliphatic rings. The highest BCUT2D eigenvalue weighted by atomic mass is 28.2. The standard InChI is InChI=1S/C30H46N4O7Si2/c1-18(2)34-16-23-22(26(35)36)14-24(32-25(23)33-34)19-11-10-12-21(13-19)38-17-20(15-31-28(37)39-29(3,4)5)30(6,7)27(40-42-8)41-43-9/h10-14,16,18,20,27H,15,17,42-43H2,1-9H3,(H,31,37)(H,35,36). The van der Waals surface area contributed by atoms with E-state index >= 15 is 0 Å². The van der Waals surface area contributed by atoms with E-state index in [1.165, 1.54) is 0 Å². The molecule has 2 heterocycles. The Hall–Kier alpha value is -3.27. The van der Waals surface area contributed by atoms with Gasteiger partial charge in [0, 0.05) is 35.7 Å². The summed E-state index contributed by atoms with van der Waals surface area (Å²) < 4.78 is 25.7. The number of hydrogen-bond acceptors (Lipinski definition) is 8. The molecule has 2 N–H and O–H groups in total. The molecule has 3 rings (SSSR count). The number of amides is 1. The van der Waals surface area contributed by atoms with Crippen molar-refractivity contribution >= 4 is 42.6 Å². The van der Waals surface area contributed by atoms with Crippen molar-refractivity contribution in [3.63, 3.8) is 0 Å². The minimum absolute atomic E-state index is 0.0627. The van der Waals surface area contributed by atoms with Gasteiger partial charge in [0.05, 0.1) is 23.3 Å². The summed E-state index contributed by atoms with van der Waals surface area (Å²) in [6, 6.07) is 8.98. The zero-order valence-electron chi connectivity index (χ0n) is 26.8. The SMILES string of the molecule is C[SiH2]OC(O[SiH2]C)C(C)(C)C(CNC(=O)OC(C)(C)C)COc1cccc(-c2cc(C(=O)O)c3cn(C(C)C)nc3n2)c1. The van der Waals surface area contributed by atoms with E-state index in [1.807, 2.05) is 58.9 Å². The summed E-state index contributed by atoms with van der Waals surface area (Å²) in [7, 11) is -1.51. The van der Waals surface area contributed by atoms with Crippen LogP contribution in [0.25, 0.3) is 22.3 Å². The van der Waals surface area contributed by atoms with Gasteiger partial charge in [0.25, 0.3) is 0 Å². The molecule has 1 aromatic carbocycles. The minimum Gasteiger partial charge on any atom is -0.493 e. The predicted octanol–water partition coefficient (Wildman–Crippen LogP) is 4.55. The Bertz CT molecular complexity index is 1400. The van der Waals surface area contributed by atoms with Crippen LogP contribution in [0.3, 0.4) is 0 Å². The minimum atomic E-state index is -1.05. The first-order valence-electron chi connectivity index (χ1n) is 14.7. The van der Waals surface area contributed by atoms with Crippen molar-refractivity contribution in [2.75, 3.05) is 13.2 Å². The largest absolute Gasteiger partial charge is 0.493 e.